The Morgan fingerprint density at radius 2 is 2.00 bits per heavy atom. The van der Waals surface area contributed by atoms with Crippen LogP contribution < -0.4 is 16.4 Å². The van der Waals surface area contributed by atoms with E-state index >= 15 is 0 Å². The third-order valence-electron chi connectivity index (χ3n) is 2.83. The molecule has 1 rings (SSSR count). The van der Waals surface area contributed by atoms with Crippen molar-refractivity contribution in [3.8, 4) is 0 Å². The maximum atomic E-state index is 11.3. The molecule has 20 heavy (non-hydrogen) atoms. The Labute approximate surface area is 125 Å². The number of aromatic nitrogens is 1. The van der Waals surface area contributed by atoms with E-state index in [1.165, 1.54) is 0 Å². The van der Waals surface area contributed by atoms with E-state index in [-0.39, 0.29) is 17.4 Å². The van der Waals surface area contributed by atoms with E-state index in [0.717, 1.165) is 17.1 Å². The highest BCUT2D eigenvalue weighted by Crippen LogP contribution is 2.24. The number of hydrogen-bond donors (Lipinski definition) is 2. The predicted molar refractivity (Wildman–Crippen MR) is 85.8 cm³/mol. The van der Waals surface area contributed by atoms with Crippen LogP contribution in [0.15, 0.2) is 6.07 Å². The first kappa shape index (κ1) is 16.4. The van der Waals surface area contributed by atoms with Gasteiger partial charge in [0, 0.05) is 17.9 Å². The zero-order valence-electron chi connectivity index (χ0n) is 12.4. The van der Waals surface area contributed by atoms with Crippen LogP contribution in [0, 0.1) is 19.8 Å². The van der Waals surface area contributed by atoms with Crippen LogP contribution in [-0.2, 0) is 4.79 Å². The van der Waals surface area contributed by atoms with Gasteiger partial charge in [-0.3, -0.25) is 9.78 Å². The molecule has 0 aromatic carbocycles. The molecule has 0 saturated heterocycles. The quantitative estimate of drug-likeness (QED) is 0.772. The number of pyridine rings is 1. The molecule has 4 N–H and O–H groups in total. The van der Waals surface area contributed by atoms with Crippen molar-refractivity contribution in [2.75, 3.05) is 18.0 Å². The van der Waals surface area contributed by atoms with Crippen molar-refractivity contribution in [1.29, 1.82) is 0 Å². The molecule has 5 nitrogen and oxygen atoms in total. The fourth-order valence-corrected chi connectivity index (χ4v) is 2.49. The Morgan fingerprint density at radius 3 is 2.45 bits per heavy atom. The van der Waals surface area contributed by atoms with Crippen molar-refractivity contribution in [2.24, 2.45) is 17.4 Å². The van der Waals surface area contributed by atoms with Gasteiger partial charge >= 0.3 is 0 Å². The lowest BCUT2D eigenvalue weighted by Gasteiger charge is -2.28. The molecule has 0 fully saturated rings. The van der Waals surface area contributed by atoms with E-state index in [1.54, 1.807) is 0 Å². The highest BCUT2D eigenvalue weighted by molar-refractivity contribution is 7.80. The van der Waals surface area contributed by atoms with Crippen LogP contribution >= 0.6 is 12.2 Å². The average molecular weight is 294 g/mol. The van der Waals surface area contributed by atoms with Crippen LogP contribution in [-0.4, -0.2) is 29.0 Å². The Morgan fingerprint density at radius 1 is 1.40 bits per heavy atom. The minimum Gasteiger partial charge on any atom is -0.389 e. The average Bonchev–Trinajstić information content (AvgIpc) is 2.24. The van der Waals surface area contributed by atoms with Gasteiger partial charge in [-0.15, -0.1) is 0 Å². The number of carbonyl (C=O) groups is 1. The van der Waals surface area contributed by atoms with Gasteiger partial charge in [-0.05, 0) is 25.8 Å². The van der Waals surface area contributed by atoms with Gasteiger partial charge in [-0.1, -0.05) is 26.1 Å². The third kappa shape index (κ3) is 4.16. The molecule has 1 amide bonds. The SMILES string of the molecule is Cc1cc(N(CC(N)=O)CC(C)C)c(C(N)=S)c(C)n1. The molecular formula is C14H22N4OS. The molecule has 0 aliphatic rings. The van der Waals surface area contributed by atoms with Crippen molar-refractivity contribution in [3.63, 3.8) is 0 Å². The summed E-state index contributed by atoms with van der Waals surface area (Å²) in [6, 6.07) is 1.90. The van der Waals surface area contributed by atoms with Crippen molar-refractivity contribution < 1.29 is 4.79 Å². The lowest BCUT2D eigenvalue weighted by atomic mass is 10.1. The van der Waals surface area contributed by atoms with Gasteiger partial charge in [-0.2, -0.15) is 0 Å². The van der Waals surface area contributed by atoms with Crippen LogP contribution in [0.2, 0.25) is 0 Å². The molecule has 0 unspecified atom stereocenters. The van der Waals surface area contributed by atoms with Crippen LogP contribution in [0.3, 0.4) is 0 Å². The summed E-state index contributed by atoms with van der Waals surface area (Å²) in [6.45, 7) is 8.75. The van der Waals surface area contributed by atoms with Gasteiger partial charge < -0.3 is 16.4 Å². The molecule has 110 valence electrons. The van der Waals surface area contributed by atoms with E-state index in [0.29, 0.717) is 18.0 Å². The van der Waals surface area contributed by atoms with Gasteiger partial charge in [0.2, 0.25) is 5.91 Å². The maximum Gasteiger partial charge on any atom is 0.236 e. The summed E-state index contributed by atoms with van der Waals surface area (Å²) >= 11 is 5.12. The van der Waals surface area contributed by atoms with E-state index in [2.05, 4.69) is 18.8 Å². The number of nitrogens with zero attached hydrogens (tertiary/aromatic N) is 2. The minimum absolute atomic E-state index is 0.136. The first-order chi connectivity index (χ1) is 9.22. The standard InChI is InChI=1S/C14H22N4OS/c1-8(2)6-18(7-12(15)19)11-5-9(3)17-10(4)13(11)14(16)20/h5,8H,6-7H2,1-4H3,(H2,15,19)(H2,16,20). The Bertz CT molecular complexity index is 528. The summed E-state index contributed by atoms with van der Waals surface area (Å²) < 4.78 is 0. The molecule has 0 atom stereocenters. The molecule has 0 aliphatic heterocycles. The molecule has 0 spiro atoms. The summed E-state index contributed by atoms with van der Waals surface area (Å²) in [4.78, 5) is 17.9. The number of rotatable bonds is 6. The number of thiocarbonyl (C=S) groups is 1. The van der Waals surface area contributed by atoms with Gasteiger partial charge in [0.1, 0.15) is 4.99 Å². The number of amides is 1. The van der Waals surface area contributed by atoms with Crippen molar-refractivity contribution in [3.05, 3.63) is 23.0 Å². The fraction of sp³-hybridized carbons (Fsp3) is 0.500. The van der Waals surface area contributed by atoms with Crippen molar-refractivity contribution in [1.82, 2.24) is 4.98 Å². The molecule has 6 heteroatoms. The van der Waals surface area contributed by atoms with Gasteiger partial charge in [0.15, 0.2) is 0 Å². The van der Waals surface area contributed by atoms with Crippen molar-refractivity contribution >= 4 is 28.8 Å². The summed E-state index contributed by atoms with van der Waals surface area (Å²) in [5.41, 5.74) is 14.3. The maximum absolute atomic E-state index is 11.3. The molecule has 0 radical (unpaired) electrons. The topological polar surface area (TPSA) is 85.2 Å². The van der Waals surface area contributed by atoms with Gasteiger partial charge in [-0.25, -0.2) is 0 Å². The zero-order chi connectivity index (χ0) is 15.4. The molecule has 0 saturated carbocycles. The zero-order valence-corrected chi connectivity index (χ0v) is 13.3. The van der Waals surface area contributed by atoms with Crippen LogP contribution in [0.1, 0.15) is 30.8 Å². The Kier molecular flexibility index (Phi) is 5.44. The fourth-order valence-electron chi connectivity index (χ4n) is 2.24. The number of carbonyl (C=O) groups excluding carboxylic acids is 1. The lowest BCUT2D eigenvalue weighted by Crippen LogP contribution is -2.37. The van der Waals surface area contributed by atoms with E-state index in [9.17, 15) is 4.79 Å². The largest absolute Gasteiger partial charge is 0.389 e. The molecule has 1 heterocycles. The predicted octanol–water partition coefficient (Wildman–Crippen LogP) is 1.28. The lowest BCUT2D eigenvalue weighted by molar-refractivity contribution is -0.116. The summed E-state index contributed by atoms with van der Waals surface area (Å²) in [5, 5.41) is 0. The highest BCUT2D eigenvalue weighted by Gasteiger charge is 2.19. The number of aryl methyl sites for hydroxylation is 2. The van der Waals surface area contributed by atoms with Crippen LogP contribution in [0.5, 0.6) is 0 Å². The number of anilines is 1. The highest BCUT2D eigenvalue weighted by atomic mass is 32.1. The Hall–Kier alpha value is -1.69. The minimum atomic E-state index is -0.383. The summed E-state index contributed by atoms with van der Waals surface area (Å²) in [7, 11) is 0. The molecule has 1 aromatic heterocycles. The second-order valence-corrected chi connectivity index (χ2v) is 5.79. The second kappa shape index (κ2) is 6.65. The normalized spacial score (nSPS) is 10.7. The summed E-state index contributed by atoms with van der Waals surface area (Å²) in [6.07, 6.45) is 0. The van der Waals surface area contributed by atoms with Gasteiger partial charge in [0.25, 0.3) is 0 Å². The smallest absolute Gasteiger partial charge is 0.236 e. The first-order valence-electron chi connectivity index (χ1n) is 6.53. The van der Waals surface area contributed by atoms with Gasteiger partial charge in [0.05, 0.1) is 17.8 Å². The van der Waals surface area contributed by atoms with Crippen LogP contribution in [0.4, 0.5) is 5.69 Å². The number of hydrogen-bond acceptors (Lipinski definition) is 4. The molecule has 0 aliphatic carbocycles. The second-order valence-electron chi connectivity index (χ2n) is 5.35. The first-order valence-corrected chi connectivity index (χ1v) is 6.94. The molecule has 1 aromatic rings. The van der Waals surface area contributed by atoms with E-state index < -0.39 is 0 Å². The molecular weight excluding hydrogens is 272 g/mol. The third-order valence-corrected chi connectivity index (χ3v) is 3.03. The monoisotopic (exact) mass is 294 g/mol. The van der Waals surface area contributed by atoms with Crippen molar-refractivity contribution in [2.45, 2.75) is 27.7 Å². The number of primary amides is 1. The van der Waals surface area contributed by atoms with E-state index in [4.69, 9.17) is 23.7 Å². The van der Waals surface area contributed by atoms with E-state index in [1.807, 2.05) is 24.8 Å². The Balaban J connectivity index is 3.36. The number of nitrogens with two attached hydrogens (primary N) is 2. The molecule has 0 bridgehead atoms. The van der Waals surface area contributed by atoms with Crippen LogP contribution in [0.25, 0.3) is 0 Å². The summed E-state index contributed by atoms with van der Waals surface area (Å²) in [5.74, 6) is -0.00557.